The topological polar surface area (TPSA) is 41.6 Å². The normalized spacial score (nSPS) is 32.2. The molecule has 1 fully saturated rings. The number of nitrogens with one attached hydrogen (secondary N) is 1. The van der Waals surface area contributed by atoms with Gasteiger partial charge in [-0.2, -0.15) is 0 Å². The van der Waals surface area contributed by atoms with Crippen LogP contribution in [0.4, 0.5) is 0 Å². The molecule has 4 nitrogen and oxygen atoms in total. The number of carbonyl (C=O) groups excluding carboxylic acids is 1. The second kappa shape index (κ2) is 5.15. The zero-order chi connectivity index (χ0) is 12.3. The third kappa shape index (κ3) is 2.23. The van der Waals surface area contributed by atoms with Crippen LogP contribution in [0.2, 0.25) is 0 Å². The Morgan fingerprint density at radius 2 is 2.19 bits per heavy atom. The van der Waals surface area contributed by atoms with E-state index >= 15 is 0 Å². The van der Waals surface area contributed by atoms with Crippen molar-refractivity contribution in [3.63, 3.8) is 0 Å². The fourth-order valence-corrected chi connectivity index (χ4v) is 2.31. The van der Waals surface area contributed by atoms with Crippen LogP contribution >= 0.6 is 0 Å². The third-order valence-corrected chi connectivity index (χ3v) is 3.50. The zero-order valence-corrected chi connectivity index (χ0v) is 11.0. The SMILES string of the molecule is CCC1NC(C)(CC)C(=O)N1C(C)COC. The van der Waals surface area contributed by atoms with Crippen LogP contribution in [0, 0.1) is 0 Å². The summed E-state index contributed by atoms with van der Waals surface area (Å²) in [7, 11) is 1.67. The molecule has 4 heteroatoms. The molecule has 1 aliphatic heterocycles. The fraction of sp³-hybridized carbons (Fsp3) is 0.917. The molecule has 94 valence electrons. The van der Waals surface area contributed by atoms with Gasteiger partial charge in [0.05, 0.1) is 24.4 Å². The van der Waals surface area contributed by atoms with Crippen LogP contribution in [0.5, 0.6) is 0 Å². The summed E-state index contributed by atoms with van der Waals surface area (Å²) >= 11 is 0. The Morgan fingerprint density at radius 1 is 1.56 bits per heavy atom. The van der Waals surface area contributed by atoms with Crippen molar-refractivity contribution in [1.29, 1.82) is 0 Å². The molecular weight excluding hydrogens is 204 g/mol. The van der Waals surface area contributed by atoms with Gasteiger partial charge in [0.15, 0.2) is 0 Å². The molecule has 0 spiro atoms. The van der Waals surface area contributed by atoms with Crippen molar-refractivity contribution < 1.29 is 9.53 Å². The van der Waals surface area contributed by atoms with Crippen LogP contribution in [-0.4, -0.2) is 42.3 Å². The molecule has 3 unspecified atom stereocenters. The summed E-state index contributed by atoms with van der Waals surface area (Å²) in [6.07, 6.45) is 1.89. The fourth-order valence-electron chi connectivity index (χ4n) is 2.31. The molecule has 3 atom stereocenters. The molecule has 0 aromatic rings. The Bertz CT molecular complexity index is 257. The highest BCUT2D eigenvalue weighted by atomic mass is 16.5. The molecule has 0 aliphatic carbocycles. The van der Waals surface area contributed by atoms with Gasteiger partial charge < -0.3 is 9.64 Å². The molecule has 1 amide bonds. The number of amides is 1. The Balaban J connectivity index is 2.85. The maximum Gasteiger partial charge on any atom is 0.244 e. The van der Waals surface area contributed by atoms with Crippen LogP contribution in [0.15, 0.2) is 0 Å². The van der Waals surface area contributed by atoms with E-state index in [2.05, 4.69) is 12.2 Å². The molecule has 16 heavy (non-hydrogen) atoms. The lowest BCUT2D eigenvalue weighted by atomic mass is 9.99. The minimum atomic E-state index is -0.400. The minimum absolute atomic E-state index is 0.128. The Morgan fingerprint density at radius 3 is 2.62 bits per heavy atom. The summed E-state index contributed by atoms with van der Waals surface area (Å²) in [5.74, 6) is 0.200. The van der Waals surface area contributed by atoms with E-state index in [0.717, 1.165) is 12.8 Å². The van der Waals surface area contributed by atoms with E-state index in [-0.39, 0.29) is 18.1 Å². The molecule has 0 saturated carbocycles. The maximum absolute atomic E-state index is 12.4. The van der Waals surface area contributed by atoms with Crippen molar-refractivity contribution in [1.82, 2.24) is 10.2 Å². The van der Waals surface area contributed by atoms with Crippen molar-refractivity contribution in [2.45, 2.75) is 58.3 Å². The Kier molecular flexibility index (Phi) is 4.33. The number of carbonyl (C=O) groups is 1. The van der Waals surface area contributed by atoms with Gasteiger partial charge in [-0.1, -0.05) is 13.8 Å². The predicted octanol–water partition coefficient (Wildman–Crippen LogP) is 1.36. The van der Waals surface area contributed by atoms with Gasteiger partial charge in [0.2, 0.25) is 5.91 Å². The first-order valence-electron chi connectivity index (χ1n) is 6.09. The maximum atomic E-state index is 12.4. The van der Waals surface area contributed by atoms with Gasteiger partial charge in [-0.25, -0.2) is 0 Å². The van der Waals surface area contributed by atoms with Crippen LogP contribution in [0.1, 0.15) is 40.5 Å². The summed E-state index contributed by atoms with van der Waals surface area (Å²) < 4.78 is 5.14. The van der Waals surface area contributed by atoms with Gasteiger partial charge in [-0.3, -0.25) is 10.1 Å². The number of ether oxygens (including phenoxy) is 1. The van der Waals surface area contributed by atoms with E-state index in [4.69, 9.17) is 4.74 Å². The molecule has 0 radical (unpaired) electrons. The molecule has 1 heterocycles. The van der Waals surface area contributed by atoms with E-state index in [1.165, 1.54) is 0 Å². The summed E-state index contributed by atoms with van der Waals surface area (Å²) in [4.78, 5) is 14.3. The largest absolute Gasteiger partial charge is 0.383 e. The quantitative estimate of drug-likeness (QED) is 0.772. The van der Waals surface area contributed by atoms with Gasteiger partial charge in [0, 0.05) is 7.11 Å². The van der Waals surface area contributed by atoms with Crippen LogP contribution < -0.4 is 5.32 Å². The second-order valence-electron chi connectivity index (χ2n) is 4.77. The molecule has 0 bridgehead atoms. The monoisotopic (exact) mass is 228 g/mol. The van der Waals surface area contributed by atoms with Gasteiger partial charge in [0.25, 0.3) is 0 Å². The van der Waals surface area contributed by atoms with Gasteiger partial charge in [0.1, 0.15) is 0 Å². The molecule has 1 aliphatic rings. The summed E-state index contributed by atoms with van der Waals surface area (Å²) in [6.45, 7) is 8.75. The van der Waals surface area contributed by atoms with Gasteiger partial charge in [-0.15, -0.1) is 0 Å². The lowest BCUT2D eigenvalue weighted by Crippen LogP contribution is -2.45. The number of rotatable bonds is 5. The molecule has 1 N–H and O–H groups in total. The molecular formula is C12H24N2O2. The molecule has 1 saturated heterocycles. The lowest BCUT2D eigenvalue weighted by Gasteiger charge is -2.29. The Hall–Kier alpha value is -0.610. The van der Waals surface area contributed by atoms with Crippen LogP contribution in [0.25, 0.3) is 0 Å². The number of hydrogen-bond acceptors (Lipinski definition) is 3. The summed E-state index contributed by atoms with van der Waals surface area (Å²) in [5, 5.41) is 3.43. The summed E-state index contributed by atoms with van der Waals surface area (Å²) in [6, 6.07) is 0.128. The molecule has 1 rings (SSSR count). The number of methoxy groups -OCH3 is 1. The molecule has 0 aromatic heterocycles. The highest BCUT2D eigenvalue weighted by Gasteiger charge is 2.47. The van der Waals surface area contributed by atoms with E-state index < -0.39 is 5.54 Å². The minimum Gasteiger partial charge on any atom is -0.383 e. The smallest absolute Gasteiger partial charge is 0.244 e. The highest BCUT2D eigenvalue weighted by molar-refractivity contribution is 5.88. The average molecular weight is 228 g/mol. The zero-order valence-electron chi connectivity index (χ0n) is 11.0. The second-order valence-corrected chi connectivity index (χ2v) is 4.77. The van der Waals surface area contributed by atoms with E-state index in [0.29, 0.717) is 6.61 Å². The predicted molar refractivity (Wildman–Crippen MR) is 64.1 cm³/mol. The average Bonchev–Trinajstić information content (AvgIpc) is 2.52. The number of hydrogen-bond donors (Lipinski definition) is 1. The highest BCUT2D eigenvalue weighted by Crippen LogP contribution is 2.26. The van der Waals surface area contributed by atoms with Gasteiger partial charge in [-0.05, 0) is 26.7 Å². The number of nitrogens with zero attached hydrogens (tertiary/aromatic N) is 1. The van der Waals surface area contributed by atoms with E-state index in [9.17, 15) is 4.79 Å². The summed E-state index contributed by atoms with van der Waals surface area (Å²) in [5.41, 5.74) is -0.400. The van der Waals surface area contributed by atoms with Gasteiger partial charge >= 0.3 is 0 Å². The van der Waals surface area contributed by atoms with Crippen molar-refractivity contribution in [2.24, 2.45) is 0 Å². The van der Waals surface area contributed by atoms with E-state index in [1.807, 2.05) is 25.7 Å². The first kappa shape index (κ1) is 13.5. The standard InChI is InChI=1S/C12H24N2O2/c1-6-10-13-12(4,7-2)11(15)14(10)9(3)8-16-5/h9-10,13H,6-8H2,1-5H3. The van der Waals surface area contributed by atoms with Crippen molar-refractivity contribution in [3.05, 3.63) is 0 Å². The van der Waals surface area contributed by atoms with Crippen molar-refractivity contribution in [2.75, 3.05) is 13.7 Å². The third-order valence-electron chi connectivity index (χ3n) is 3.50. The van der Waals surface area contributed by atoms with Crippen LogP contribution in [-0.2, 0) is 9.53 Å². The first-order chi connectivity index (χ1) is 7.50. The Labute approximate surface area is 98.3 Å². The van der Waals surface area contributed by atoms with E-state index in [1.54, 1.807) is 7.11 Å². The first-order valence-corrected chi connectivity index (χ1v) is 6.09. The lowest BCUT2D eigenvalue weighted by molar-refractivity contribution is -0.135. The van der Waals surface area contributed by atoms with Crippen molar-refractivity contribution in [3.8, 4) is 0 Å². The van der Waals surface area contributed by atoms with Crippen LogP contribution in [0.3, 0.4) is 0 Å². The van der Waals surface area contributed by atoms with Crippen molar-refractivity contribution >= 4 is 5.91 Å². The molecule has 0 aromatic carbocycles.